The van der Waals surface area contributed by atoms with Crippen LogP contribution in [0.2, 0.25) is 0 Å². The van der Waals surface area contributed by atoms with Gasteiger partial charge in [-0.1, -0.05) is 176 Å². The molecule has 2 aromatic heterocycles. The van der Waals surface area contributed by atoms with Gasteiger partial charge in [0.1, 0.15) is 0 Å². The Morgan fingerprint density at radius 1 is 0.255 bits per heavy atom. The van der Waals surface area contributed by atoms with Gasteiger partial charge in [0.05, 0.1) is 11.0 Å². The molecule has 55 heavy (non-hydrogen) atoms. The Hall–Kier alpha value is -7.43. The summed E-state index contributed by atoms with van der Waals surface area (Å²) >= 11 is 0. The fourth-order valence-corrected chi connectivity index (χ4v) is 7.50. The van der Waals surface area contributed by atoms with Crippen LogP contribution >= 0.6 is 0 Å². The Balaban J connectivity index is 1.14. The predicted octanol–water partition coefficient (Wildman–Crippen LogP) is 13.0. The second-order valence-corrected chi connectivity index (χ2v) is 13.7. The van der Waals surface area contributed by atoms with Crippen LogP contribution in [0.3, 0.4) is 0 Å². The Morgan fingerprint density at radius 3 is 1.27 bits per heavy atom. The Labute approximate surface area is 319 Å². The lowest BCUT2D eigenvalue weighted by atomic mass is 10.0. The van der Waals surface area contributed by atoms with Gasteiger partial charge in [0.15, 0.2) is 17.5 Å². The number of nitrogens with zero attached hydrogens (tertiary/aromatic N) is 4. The van der Waals surface area contributed by atoms with E-state index in [0.717, 1.165) is 39.0 Å². The van der Waals surface area contributed by atoms with Crippen LogP contribution < -0.4 is 0 Å². The molecule has 8 aromatic carbocycles. The van der Waals surface area contributed by atoms with Gasteiger partial charge < -0.3 is 4.57 Å². The van der Waals surface area contributed by atoms with Crippen LogP contribution in [0.4, 0.5) is 0 Å². The second kappa shape index (κ2) is 13.8. The van der Waals surface area contributed by atoms with E-state index in [1.807, 2.05) is 36.4 Å². The molecule has 0 radical (unpaired) electrons. The molecular weight excluding hydrogens is 669 g/mol. The van der Waals surface area contributed by atoms with Crippen molar-refractivity contribution < 1.29 is 0 Å². The van der Waals surface area contributed by atoms with Gasteiger partial charge in [-0.25, -0.2) is 15.0 Å². The van der Waals surface area contributed by atoms with Crippen LogP contribution in [0.15, 0.2) is 206 Å². The minimum absolute atomic E-state index is 0.620. The molecule has 10 aromatic rings. The van der Waals surface area contributed by atoms with Gasteiger partial charge in [0.25, 0.3) is 0 Å². The normalized spacial score (nSPS) is 11.3. The molecule has 0 atom stereocenters. The third-order valence-electron chi connectivity index (χ3n) is 10.3. The minimum atomic E-state index is 0.620. The summed E-state index contributed by atoms with van der Waals surface area (Å²) in [7, 11) is 0. The van der Waals surface area contributed by atoms with Crippen molar-refractivity contribution in [2.75, 3.05) is 0 Å². The molecule has 0 spiro atoms. The van der Waals surface area contributed by atoms with Gasteiger partial charge in [-0.2, -0.15) is 0 Å². The van der Waals surface area contributed by atoms with Gasteiger partial charge in [0, 0.05) is 33.2 Å². The molecule has 0 aliphatic heterocycles. The number of hydrogen-bond donors (Lipinski definition) is 0. The predicted molar refractivity (Wildman–Crippen MR) is 227 cm³/mol. The van der Waals surface area contributed by atoms with E-state index in [1.54, 1.807) is 0 Å². The fraction of sp³-hybridized carbons (Fsp3) is 0. The Bertz CT molecular complexity index is 2940. The first-order valence-corrected chi connectivity index (χ1v) is 18.5. The highest BCUT2D eigenvalue weighted by Gasteiger charge is 2.17. The van der Waals surface area contributed by atoms with Crippen molar-refractivity contribution >= 4 is 21.8 Å². The van der Waals surface area contributed by atoms with Gasteiger partial charge in [0.2, 0.25) is 0 Å². The van der Waals surface area contributed by atoms with E-state index in [9.17, 15) is 0 Å². The molecule has 0 fully saturated rings. The summed E-state index contributed by atoms with van der Waals surface area (Å²) in [5, 5.41) is 2.40. The van der Waals surface area contributed by atoms with Crippen LogP contribution in [0.5, 0.6) is 0 Å². The van der Waals surface area contributed by atoms with Crippen molar-refractivity contribution in [3.8, 4) is 73.2 Å². The summed E-state index contributed by atoms with van der Waals surface area (Å²) in [5.74, 6) is 1.89. The van der Waals surface area contributed by atoms with Gasteiger partial charge in [-0.05, 0) is 63.7 Å². The molecule has 0 saturated heterocycles. The summed E-state index contributed by atoms with van der Waals surface area (Å²) in [6.45, 7) is 0. The van der Waals surface area contributed by atoms with Gasteiger partial charge in [-0.15, -0.1) is 0 Å². The molecule has 0 saturated carbocycles. The second-order valence-electron chi connectivity index (χ2n) is 13.7. The lowest BCUT2D eigenvalue weighted by Gasteiger charge is -2.12. The van der Waals surface area contributed by atoms with Gasteiger partial charge in [-0.3, -0.25) is 0 Å². The number of aromatic nitrogens is 4. The molecule has 0 amide bonds. The smallest absolute Gasteiger partial charge is 0.164 e. The maximum Gasteiger partial charge on any atom is 0.164 e. The van der Waals surface area contributed by atoms with Crippen molar-refractivity contribution in [3.63, 3.8) is 0 Å². The SMILES string of the molecule is c1ccc(-c2ccc(-c3nc(-c4ccccc4)nc(-c4cccc(-n5c6ccc(-c7ccccc7)cc6c6ccc(-c7ccccc7)cc65)c4)n3)cc2)cc1. The zero-order chi connectivity index (χ0) is 36.6. The van der Waals surface area contributed by atoms with E-state index in [2.05, 4.69) is 174 Å². The van der Waals surface area contributed by atoms with Crippen molar-refractivity contribution in [1.82, 2.24) is 19.5 Å². The van der Waals surface area contributed by atoms with Gasteiger partial charge >= 0.3 is 0 Å². The summed E-state index contributed by atoms with van der Waals surface area (Å²) in [6, 6.07) is 72.3. The lowest BCUT2D eigenvalue weighted by Crippen LogP contribution is -2.01. The van der Waals surface area contributed by atoms with Crippen LogP contribution in [0, 0.1) is 0 Å². The molecule has 4 heteroatoms. The van der Waals surface area contributed by atoms with Crippen molar-refractivity contribution in [2.45, 2.75) is 0 Å². The standard InChI is InChI=1S/C51H34N4/c1-5-14-35(15-6-1)38-24-26-40(27-25-38)50-52-49(39-20-11-4-12-21-39)53-51(54-50)43-22-13-23-44(32-43)55-47-31-29-41(36-16-7-2-8-17-36)33-46(47)45-30-28-42(34-48(45)55)37-18-9-3-10-19-37/h1-34H. The fourth-order valence-electron chi connectivity index (χ4n) is 7.50. The minimum Gasteiger partial charge on any atom is -0.309 e. The zero-order valence-electron chi connectivity index (χ0n) is 29.9. The third kappa shape index (κ3) is 6.16. The van der Waals surface area contributed by atoms with E-state index >= 15 is 0 Å². The first-order valence-electron chi connectivity index (χ1n) is 18.5. The molecule has 258 valence electrons. The molecular formula is C51H34N4. The molecule has 0 unspecified atom stereocenters. The highest BCUT2D eigenvalue weighted by Crippen LogP contribution is 2.38. The number of benzene rings is 8. The van der Waals surface area contributed by atoms with E-state index in [-0.39, 0.29) is 0 Å². The molecule has 4 nitrogen and oxygen atoms in total. The van der Waals surface area contributed by atoms with E-state index in [0.29, 0.717) is 17.5 Å². The van der Waals surface area contributed by atoms with Crippen molar-refractivity contribution in [3.05, 3.63) is 206 Å². The van der Waals surface area contributed by atoms with E-state index < -0.39 is 0 Å². The topological polar surface area (TPSA) is 43.6 Å². The first-order chi connectivity index (χ1) is 27.2. The zero-order valence-corrected chi connectivity index (χ0v) is 29.9. The monoisotopic (exact) mass is 702 g/mol. The molecule has 2 heterocycles. The first kappa shape index (κ1) is 32.2. The van der Waals surface area contributed by atoms with Crippen molar-refractivity contribution in [2.24, 2.45) is 0 Å². The number of fused-ring (bicyclic) bond motifs is 3. The summed E-state index contributed by atoms with van der Waals surface area (Å²) in [5.41, 5.74) is 13.1. The number of rotatable bonds is 7. The maximum atomic E-state index is 5.12. The van der Waals surface area contributed by atoms with Crippen LogP contribution in [0.25, 0.3) is 95.0 Å². The Kier molecular flexibility index (Phi) is 8.12. The van der Waals surface area contributed by atoms with E-state index in [1.165, 1.54) is 38.6 Å². The molecule has 10 rings (SSSR count). The molecule has 0 bridgehead atoms. The molecule has 0 N–H and O–H groups in total. The summed E-state index contributed by atoms with van der Waals surface area (Å²) in [4.78, 5) is 15.2. The Morgan fingerprint density at radius 2 is 0.673 bits per heavy atom. The van der Waals surface area contributed by atoms with Crippen molar-refractivity contribution in [1.29, 1.82) is 0 Å². The largest absolute Gasteiger partial charge is 0.309 e. The van der Waals surface area contributed by atoms with Crippen LogP contribution in [-0.2, 0) is 0 Å². The molecule has 0 aliphatic carbocycles. The average molecular weight is 703 g/mol. The summed E-state index contributed by atoms with van der Waals surface area (Å²) in [6.07, 6.45) is 0. The maximum absolute atomic E-state index is 5.12. The third-order valence-corrected chi connectivity index (χ3v) is 10.3. The highest BCUT2D eigenvalue weighted by molar-refractivity contribution is 6.11. The quantitative estimate of drug-likeness (QED) is 0.166. The number of hydrogen-bond acceptors (Lipinski definition) is 3. The van der Waals surface area contributed by atoms with E-state index in [4.69, 9.17) is 15.0 Å². The highest BCUT2D eigenvalue weighted by atomic mass is 15.0. The summed E-state index contributed by atoms with van der Waals surface area (Å²) < 4.78 is 2.37. The van der Waals surface area contributed by atoms with Crippen LogP contribution in [0.1, 0.15) is 0 Å². The molecule has 0 aliphatic rings. The van der Waals surface area contributed by atoms with Crippen LogP contribution in [-0.4, -0.2) is 19.5 Å². The average Bonchev–Trinajstić information content (AvgIpc) is 3.60. The lowest BCUT2D eigenvalue weighted by molar-refractivity contribution is 1.07.